The van der Waals surface area contributed by atoms with Crippen LogP contribution in [-0.2, 0) is 4.74 Å². The van der Waals surface area contributed by atoms with Crippen molar-refractivity contribution in [1.29, 1.82) is 0 Å². The molecule has 0 spiro atoms. The zero-order chi connectivity index (χ0) is 16.4. The van der Waals surface area contributed by atoms with E-state index in [1.807, 2.05) is 24.3 Å². The van der Waals surface area contributed by atoms with Crippen molar-refractivity contribution in [3.05, 3.63) is 41.3 Å². The smallest absolute Gasteiger partial charge is 0.261 e. The molecule has 0 bridgehead atoms. The zero-order valence-corrected chi connectivity index (χ0v) is 14.5. The van der Waals surface area contributed by atoms with Crippen LogP contribution in [0.5, 0.6) is 0 Å². The fourth-order valence-corrected chi connectivity index (χ4v) is 4.11. The Kier molecular flexibility index (Phi) is 4.54. The molecule has 126 valence electrons. The number of carbonyl (C=O) groups is 1. The maximum absolute atomic E-state index is 12.5. The van der Waals surface area contributed by atoms with E-state index in [-0.39, 0.29) is 5.91 Å². The van der Waals surface area contributed by atoms with Crippen molar-refractivity contribution in [2.24, 2.45) is 5.92 Å². The molecule has 1 aliphatic heterocycles. The summed E-state index contributed by atoms with van der Waals surface area (Å²) in [6, 6.07) is 12.4. The van der Waals surface area contributed by atoms with E-state index in [1.165, 1.54) is 17.8 Å². The number of anilines is 1. The SMILES string of the molecule is O=C(NCC1CC1)c1cc(-c2ccccc2)c(N2CCOCC2)s1. The van der Waals surface area contributed by atoms with E-state index in [0.717, 1.165) is 48.9 Å². The molecule has 4 nitrogen and oxygen atoms in total. The molecule has 2 heterocycles. The number of morpholine rings is 1. The van der Waals surface area contributed by atoms with Crippen LogP contribution in [-0.4, -0.2) is 38.8 Å². The molecule has 1 aliphatic carbocycles. The van der Waals surface area contributed by atoms with Gasteiger partial charge < -0.3 is 15.0 Å². The van der Waals surface area contributed by atoms with Crippen molar-refractivity contribution in [2.75, 3.05) is 37.7 Å². The molecule has 24 heavy (non-hydrogen) atoms. The number of carbonyl (C=O) groups excluding carboxylic acids is 1. The van der Waals surface area contributed by atoms with Crippen molar-refractivity contribution >= 4 is 22.2 Å². The molecule has 1 aromatic carbocycles. The van der Waals surface area contributed by atoms with E-state index in [4.69, 9.17) is 4.74 Å². The van der Waals surface area contributed by atoms with Gasteiger partial charge in [0, 0.05) is 25.2 Å². The number of ether oxygens (including phenoxy) is 1. The predicted octanol–water partition coefficient (Wildman–Crippen LogP) is 3.39. The number of hydrogen-bond donors (Lipinski definition) is 1. The number of rotatable bonds is 5. The molecular weight excluding hydrogens is 320 g/mol. The third-order valence-corrected chi connectivity index (χ3v) is 5.76. The van der Waals surface area contributed by atoms with Crippen molar-refractivity contribution in [3.8, 4) is 11.1 Å². The van der Waals surface area contributed by atoms with E-state index >= 15 is 0 Å². The van der Waals surface area contributed by atoms with Crippen molar-refractivity contribution in [1.82, 2.24) is 5.32 Å². The van der Waals surface area contributed by atoms with Gasteiger partial charge in [-0.3, -0.25) is 4.79 Å². The summed E-state index contributed by atoms with van der Waals surface area (Å²) in [7, 11) is 0. The third-order valence-electron chi connectivity index (χ3n) is 4.57. The Morgan fingerprint density at radius 2 is 1.96 bits per heavy atom. The molecule has 1 N–H and O–H groups in total. The van der Waals surface area contributed by atoms with E-state index in [0.29, 0.717) is 5.92 Å². The molecule has 5 heteroatoms. The highest BCUT2D eigenvalue weighted by molar-refractivity contribution is 7.18. The molecule has 0 atom stereocenters. The number of nitrogens with zero attached hydrogens (tertiary/aromatic N) is 1. The fraction of sp³-hybridized carbons (Fsp3) is 0.421. The average Bonchev–Trinajstić information content (AvgIpc) is 3.37. The Morgan fingerprint density at radius 1 is 1.21 bits per heavy atom. The summed E-state index contributed by atoms with van der Waals surface area (Å²) in [5.41, 5.74) is 2.32. The Morgan fingerprint density at radius 3 is 2.67 bits per heavy atom. The van der Waals surface area contributed by atoms with Crippen LogP contribution in [0.1, 0.15) is 22.5 Å². The first-order valence-electron chi connectivity index (χ1n) is 8.61. The highest BCUT2D eigenvalue weighted by atomic mass is 32.1. The van der Waals surface area contributed by atoms with Gasteiger partial charge in [0.1, 0.15) is 0 Å². The number of thiophene rings is 1. The number of hydrogen-bond acceptors (Lipinski definition) is 4. The van der Waals surface area contributed by atoms with Crippen molar-refractivity contribution < 1.29 is 9.53 Å². The molecule has 1 amide bonds. The molecule has 4 rings (SSSR count). The first kappa shape index (κ1) is 15.7. The molecule has 0 unspecified atom stereocenters. The van der Waals surface area contributed by atoms with Gasteiger partial charge in [0.05, 0.1) is 23.1 Å². The van der Waals surface area contributed by atoms with Gasteiger partial charge in [0.15, 0.2) is 0 Å². The number of nitrogens with one attached hydrogen (secondary N) is 1. The van der Waals surface area contributed by atoms with Gasteiger partial charge in [-0.1, -0.05) is 30.3 Å². The van der Waals surface area contributed by atoms with E-state index in [1.54, 1.807) is 11.3 Å². The van der Waals surface area contributed by atoms with E-state index in [9.17, 15) is 4.79 Å². The lowest BCUT2D eigenvalue weighted by molar-refractivity contribution is 0.0956. The minimum atomic E-state index is 0.0589. The summed E-state index contributed by atoms with van der Waals surface area (Å²) < 4.78 is 5.48. The monoisotopic (exact) mass is 342 g/mol. The maximum atomic E-state index is 12.5. The van der Waals surface area contributed by atoms with Gasteiger partial charge in [0.2, 0.25) is 0 Å². The third kappa shape index (κ3) is 3.47. The van der Waals surface area contributed by atoms with Gasteiger partial charge in [-0.05, 0) is 30.4 Å². The number of benzene rings is 1. The Labute approximate surface area is 146 Å². The highest BCUT2D eigenvalue weighted by Crippen LogP contribution is 2.39. The van der Waals surface area contributed by atoms with Crippen LogP contribution in [0.2, 0.25) is 0 Å². The Hall–Kier alpha value is -1.85. The quantitative estimate of drug-likeness (QED) is 0.905. The molecule has 2 fully saturated rings. The molecular formula is C19H22N2O2S. The average molecular weight is 342 g/mol. The topological polar surface area (TPSA) is 41.6 Å². The second-order valence-electron chi connectivity index (χ2n) is 6.45. The van der Waals surface area contributed by atoms with Gasteiger partial charge >= 0.3 is 0 Å². The highest BCUT2D eigenvalue weighted by Gasteiger charge is 2.24. The van der Waals surface area contributed by atoms with Crippen LogP contribution in [0.15, 0.2) is 36.4 Å². The molecule has 0 radical (unpaired) electrons. The standard InChI is InChI=1S/C19H22N2O2S/c22-18(20-13-14-6-7-14)17-12-16(15-4-2-1-3-5-15)19(24-17)21-8-10-23-11-9-21/h1-5,12,14H,6-11,13H2,(H,20,22). The minimum Gasteiger partial charge on any atom is -0.378 e. The first-order chi connectivity index (χ1) is 11.8. The summed E-state index contributed by atoms with van der Waals surface area (Å²) in [6.07, 6.45) is 2.50. The van der Waals surface area contributed by atoms with Gasteiger partial charge in [0.25, 0.3) is 5.91 Å². The van der Waals surface area contributed by atoms with Crippen LogP contribution >= 0.6 is 11.3 Å². The Balaban J connectivity index is 1.63. The molecule has 2 aliphatic rings. The van der Waals surface area contributed by atoms with Crippen LogP contribution in [0, 0.1) is 5.92 Å². The lowest BCUT2D eigenvalue weighted by Crippen LogP contribution is -2.35. The van der Waals surface area contributed by atoms with Crippen LogP contribution in [0.3, 0.4) is 0 Å². The Bertz CT molecular complexity index is 703. The van der Waals surface area contributed by atoms with E-state index in [2.05, 4.69) is 22.3 Å². The van der Waals surface area contributed by atoms with Crippen molar-refractivity contribution in [2.45, 2.75) is 12.8 Å². The normalized spacial score (nSPS) is 17.8. The lowest BCUT2D eigenvalue weighted by atomic mass is 10.1. The second kappa shape index (κ2) is 6.95. The van der Waals surface area contributed by atoms with Crippen molar-refractivity contribution in [3.63, 3.8) is 0 Å². The summed E-state index contributed by atoms with van der Waals surface area (Å²) in [6.45, 7) is 4.06. The minimum absolute atomic E-state index is 0.0589. The first-order valence-corrected chi connectivity index (χ1v) is 9.43. The fourth-order valence-electron chi connectivity index (χ4n) is 2.97. The van der Waals surface area contributed by atoms with E-state index < -0.39 is 0 Å². The lowest BCUT2D eigenvalue weighted by Gasteiger charge is -2.28. The van der Waals surface area contributed by atoms with Crippen LogP contribution in [0.25, 0.3) is 11.1 Å². The predicted molar refractivity (Wildman–Crippen MR) is 97.8 cm³/mol. The summed E-state index contributed by atoms with van der Waals surface area (Å²) in [5, 5.41) is 4.27. The molecule has 1 saturated carbocycles. The summed E-state index contributed by atoms with van der Waals surface area (Å²) >= 11 is 1.60. The van der Waals surface area contributed by atoms with Crippen LogP contribution < -0.4 is 10.2 Å². The largest absolute Gasteiger partial charge is 0.378 e. The van der Waals surface area contributed by atoms with Crippen LogP contribution in [0.4, 0.5) is 5.00 Å². The molecule has 1 saturated heterocycles. The molecule has 2 aromatic rings. The molecule has 1 aromatic heterocycles. The van der Waals surface area contributed by atoms with Gasteiger partial charge in [-0.25, -0.2) is 0 Å². The summed E-state index contributed by atoms with van der Waals surface area (Å²) in [4.78, 5) is 15.7. The maximum Gasteiger partial charge on any atom is 0.261 e. The van der Waals surface area contributed by atoms with Gasteiger partial charge in [-0.15, -0.1) is 11.3 Å². The van der Waals surface area contributed by atoms with Gasteiger partial charge in [-0.2, -0.15) is 0 Å². The summed E-state index contributed by atoms with van der Waals surface area (Å²) in [5.74, 6) is 0.754. The number of amides is 1. The zero-order valence-electron chi connectivity index (χ0n) is 13.7. The second-order valence-corrected chi connectivity index (χ2v) is 7.48.